The van der Waals surface area contributed by atoms with Crippen molar-refractivity contribution < 1.29 is 9.53 Å². The minimum atomic E-state index is 0.129. The van der Waals surface area contributed by atoms with Crippen LogP contribution in [0.5, 0.6) is 5.75 Å². The molecule has 1 fully saturated rings. The van der Waals surface area contributed by atoms with Gasteiger partial charge in [0.25, 0.3) is 0 Å². The van der Waals surface area contributed by atoms with E-state index in [0.29, 0.717) is 12.5 Å². The number of ether oxygens (including phenoxy) is 1. The van der Waals surface area contributed by atoms with Crippen molar-refractivity contribution in [3.05, 3.63) is 65.2 Å². The second-order valence-corrected chi connectivity index (χ2v) is 5.87. The van der Waals surface area contributed by atoms with Gasteiger partial charge in [-0.05, 0) is 48.9 Å². The molecule has 1 aliphatic rings. The number of rotatable bonds is 6. The molecule has 2 aromatic carbocycles. The van der Waals surface area contributed by atoms with Gasteiger partial charge < -0.3 is 4.74 Å². The Kier molecular flexibility index (Phi) is 4.28. The van der Waals surface area contributed by atoms with Crippen molar-refractivity contribution in [2.75, 3.05) is 6.61 Å². The van der Waals surface area contributed by atoms with Gasteiger partial charge in [-0.3, -0.25) is 4.79 Å². The average molecular weight is 294 g/mol. The van der Waals surface area contributed by atoms with Gasteiger partial charge in [-0.25, -0.2) is 0 Å². The highest BCUT2D eigenvalue weighted by Crippen LogP contribution is 2.49. The van der Waals surface area contributed by atoms with Crippen LogP contribution in [0.4, 0.5) is 0 Å². The molecule has 2 heteroatoms. The van der Waals surface area contributed by atoms with Crippen molar-refractivity contribution in [2.24, 2.45) is 5.92 Å². The van der Waals surface area contributed by atoms with Gasteiger partial charge in [0.2, 0.25) is 0 Å². The van der Waals surface area contributed by atoms with E-state index in [-0.39, 0.29) is 11.7 Å². The lowest BCUT2D eigenvalue weighted by molar-refractivity contribution is 0.0965. The number of carbonyl (C=O) groups is 1. The standard InChI is InChI=1S/C20H22O2/c1-3-14-8-10-15(11-9-14)20(21)19-13-18(19)16-6-5-7-17(12-16)22-4-2/h5-12,18-19H,3-4,13H2,1-2H3. The molecule has 0 N–H and O–H groups in total. The zero-order chi connectivity index (χ0) is 15.5. The van der Waals surface area contributed by atoms with Crippen LogP contribution >= 0.6 is 0 Å². The molecule has 2 aromatic rings. The summed E-state index contributed by atoms with van der Waals surface area (Å²) in [5.41, 5.74) is 3.33. The lowest BCUT2D eigenvalue weighted by Gasteiger charge is -2.06. The minimum Gasteiger partial charge on any atom is -0.494 e. The summed E-state index contributed by atoms with van der Waals surface area (Å²) in [5.74, 6) is 1.64. The van der Waals surface area contributed by atoms with Crippen LogP contribution in [0, 0.1) is 5.92 Å². The fraction of sp³-hybridized carbons (Fsp3) is 0.350. The van der Waals surface area contributed by atoms with Crippen molar-refractivity contribution in [1.29, 1.82) is 0 Å². The number of hydrogen-bond acceptors (Lipinski definition) is 2. The summed E-state index contributed by atoms with van der Waals surface area (Å²) < 4.78 is 5.55. The second-order valence-electron chi connectivity index (χ2n) is 5.87. The van der Waals surface area contributed by atoms with Gasteiger partial charge in [-0.15, -0.1) is 0 Å². The summed E-state index contributed by atoms with van der Waals surface area (Å²) in [6.07, 6.45) is 1.95. The minimum absolute atomic E-state index is 0.129. The van der Waals surface area contributed by atoms with Crippen LogP contribution in [0.3, 0.4) is 0 Å². The second kappa shape index (κ2) is 6.35. The van der Waals surface area contributed by atoms with E-state index < -0.39 is 0 Å². The van der Waals surface area contributed by atoms with E-state index in [1.807, 2.05) is 31.2 Å². The molecule has 0 aliphatic heterocycles. The molecule has 0 amide bonds. The zero-order valence-electron chi connectivity index (χ0n) is 13.2. The van der Waals surface area contributed by atoms with Gasteiger partial charge in [0.15, 0.2) is 5.78 Å². The predicted octanol–water partition coefficient (Wildman–Crippen LogP) is 4.63. The predicted molar refractivity (Wildman–Crippen MR) is 88.6 cm³/mol. The Bertz CT molecular complexity index is 658. The van der Waals surface area contributed by atoms with Crippen LogP contribution in [0.25, 0.3) is 0 Å². The Morgan fingerprint density at radius 1 is 1.14 bits per heavy atom. The first-order valence-corrected chi connectivity index (χ1v) is 8.08. The maximum atomic E-state index is 12.6. The molecule has 0 bridgehead atoms. The van der Waals surface area contributed by atoms with Gasteiger partial charge in [-0.1, -0.05) is 43.3 Å². The molecule has 0 spiro atoms. The van der Waals surface area contributed by atoms with Crippen molar-refractivity contribution in [2.45, 2.75) is 32.6 Å². The Labute approximate surface area is 132 Å². The number of carbonyl (C=O) groups excluding carboxylic acids is 1. The van der Waals surface area contributed by atoms with Crippen LogP contribution in [0.15, 0.2) is 48.5 Å². The summed E-state index contributed by atoms with van der Waals surface area (Å²) >= 11 is 0. The fourth-order valence-electron chi connectivity index (χ4n) is 2.97. The molecule has 1 aliphatic carbocycles. The van der Waals surface area contributed by atoms with Gasteiger partial charge >= 0.3 is 0 Å². The van der Waals surface area contributed by atoms with Gasteiger partial charge in [0.1, 0.15) is 5.75 Å². The molecule has 2 nitrogen and oxygen atoms in total. The highest BCUT2D eigenvalue weighted by atomic mass is 16.5. The van der Waals surface area contributed by atoms with Crippen molar-refractivity contribution >= 4 is 5.78 Å². The van der Waals surface area contributed by atoms with E-state index in [1.54, 1.807) is 0 Å². The molecule has 114 valence electrons. The van der Waals surface area contributed by atoms with Crippen LogP contribution in [-0.4, -0.2) is 12.4 Å². The molecule has 0 saturated heterocycles. The molecule has 1 saturated carbocycles. The van der Waals surface area contributed by atoms with Crippen molar-refractivity contribution in [3.8, 4) is 5.75 Å². The third-order valence-electron chi connectivity index (χ3n) is 4.37. The summed E-state index contributed by atoms with van der Waals surface area (Å²) in [4.78, 5) is 12.6. The highest BCUT2D eigenvalue weighted by molar-refractivity contribution is 6.00. The molecule has 0 aromatic heterocycles. The summed E-state index contributed by atoms with van der Waals surface area (Å²) in [7, 11) is 0. The Balaban J connectivity index is 1.70. The summed E-state index contributed by atoms with van der Waals surface area (Å²) in [6, 6.07) is 16.2. The van der Waals surface area contributed by atoms with Crippen LogP contribution in [0.1, 0.15) is 47.7 Å². The monoisotopic (exact) mass is 294 g/mol. The van der Waals surface area contributed by atoms with Crippen molar-refractivity contribution in [3.63, 3.8) is 0 Å². The largest absolute Gasteiger partial charge is 0.494 e. The molecule has 0 heterocycles. The smallest absolute Gasteiger partial charge is 0.166 e. The molecular formula is C20H22O2. The fourth-order valence-corrected chi connectivity index (χ4v) is 2.97. The maximum absolute atomic E-state index is 12.6. The van der Waals surface area contributed by atoms with E-state index in [1.165, 1.54) is 11.1 Å². The highest BCUT2D eigenvalue weighted by Gasteiger charge is 2.44. The molecule has 0 radical (unpaired) electrons. The first kappa shape index (κ1) is 14.8. The van der Waals surface area contributed by atoms with Gasteiger partial charge in [-0.2, -0.15) is 0 Å². The SMILES string of the molecule is CCOc1cccc(C2CC2C(=O)c2ccc(CC)cc2)c1. The number of Topliss-reactive ketones (excluding diaryl/α,β-unsaturated/α-hetero) is 1. The van der Waals surface area contributed by atoms with Crippen molar-refractivity contribution in [1.82, 2.24) is 0 Å². The molecular weight excluding hydrogens is 272 g/mol. The Morgan fingerprint density at radius 2 is 1.91 bits per heavy atom. The first-order valence-electron chi connectivity index (χ1n) is 8.08. The van der Waals surface area contributed by atoms with Crippen LogP contribution in [-0.2, 0) is 6.42 Å². The number of hydrogen-bond donors (Lipinski definition) is 0. The lowest BCUT2D eigenvalue weighted by Crippen LogP contribution is -2.03. The van der Waals surface area contributed by atoms with Crippen LogP contribution < -0.4 is 4.74 Å². The zero-order valence-corrected chi connectivity index (χ0v) is 13.2. The lowest BCUT2D eigenvalue weighted by atomic mass is 10.0. The Morgan fingerprint density at radius 3 is 2.59 bits per heavy atom. The molecule has 2 atom stereocenters. The maximum Gasteiger partial charge on any atom is 0.166 e. The summed E-state index contributed by atoms with van der Waals surface area (Å²) in [5, 5.41) is 0. The van der Waals surface area contributed by atoms with Gasteiger partial charge in [0.05, 0.1) is 6.61 Å². The van der Waals surface area contributed by atoms with E-state index in [4.69, 9.17) is 4.74 Å². The van der Waals surface area contributed by atoms with E-state index in [2.05, 4.69) is 31.2 Å². The summed E-state index contributed by atoms with van der Waals surface area (Å²) in [6.45, 7) is 4.77. The number of benzene rings is 2. The van der Waals surface area contributed by atoms with E-state index >= 15 is 0 Å². The molecule has 22 heavy (non-hydrogen) atoms. The third-order valence-corrected chi connectivity index (χ3v) is 4.37. The van der Waals surface area contributed by atoms with Crippen LogP contribution in [0.2, 0.25) is 0 Å². The number of ketones is 1. The molecule has 3 rings (SSSR count). The topological polar surface area (TPSA) is 26.3 Å². The average Bonchev–Trinajstić information content (AvgIpc) is 3.35. The van der Waals surface area contributed by atoms with E-state index in [9.17, 15) is 4.79 Å². The first-order chi connectivity index (χ1) is 10.7. The normalized spacial score (nSPS) is 19.7. The van der Waals surface area contributed by atoms with E-state index in [0.717, 1.165) is 24.2 Å². The van der Waals surface area contributed by atoms with Gasteiger partial charge in [0, 0.05) is 11.5 Å². The molecule has 2 unspecified atom stereocenters. The quantitative estimate of drug-likeness (QED) is 0.726. The third kappa shape index (κ3) is 3.06. The Hall–Kier alpha value is -2.09. The number of aryl methyl sites for hydroxylation is 1.